The fraction of sp³-hybridized carbons (Fsp3) is 0.412. The predicted molar refractivity (Wildman–Crippen MR) is 184 cm³/mol. The Morgan fingerprint density at radius 3 is 2.27 bits per heavy atom. The van der Waals surface area contributed by atoms with Crippen molar-refractivity contribution in [2.45, 2.75) is 76.9 Å². The highest BCUT2D eigenvalue weighted by atomic mass is 35.5. The first kappa shape index (κ1) is 35.1. The molecule has 7 nitrogen and oxygen atoms in total. The SMILES string of the molecule is Cc1ccc(Cl)cc1N(CCCC(=O)N(Cc1ccc(Cl)cc1Cl)C(Cc1ccccc1)C(=O)NC1CCCCC1)S(C)(=O)=O. The van der Waals surface area contributed by atoms with Crippen LogP contribution in [0.1, 0.15) is 61.6 Å². The van der Waals surface area contributed by atoms with Crippen molar-refractivity contribution in [3.8, 4) is 0 Å². The summed E-state index contributed by atoms with van der Waals surface area (Å²) in [6.07, 6.45) is 6.77. The average Bonchev–Trinajstić information content (AvgIpc) is 2.99. The zero-order chi connectivity index (χ0) is 32.6. The molecule has 1 unspecified atom stereocenters. The van der Waals surface area contributed by atoms with Gasteiger partial charge in [0.25, 0.3) is 0 Å². The van der Waals surface area contributed by atoms with Crippen LogP contribution in [0.4, 0.5) is 5.69 Å². The van der Waals surface area contributed by atoms with Crippen molar-refractivity contribution in [3.63, 3.8) is 0 Å². The monoisotopic (exact) mass is 691 g/mol. The van der Waals surface area contributed by atoms with Crippen LogP contribution in [0.25, 0.3) is 0 Å². The third kappa shape index (κ3) is 10.1. The van der Waals surface area contributed by atoms with Crippen molar-refractivity contribution in [3.05, 3.63) is 98.5 Å². The van der Waals surface area contributed by atoms with Crippen LogP contribution < -0.4 is 9.62 Å². The molecule has 0 aromatic heterocycles. The molecular weight excluding hydrogens is 653 g/mol. The highest BCUT2D eigenvalue weighted by Gasteiger charge is 2.32. The van der Waals surface area contributed by atoms with Gasteiger partial charge in [0.1, 0.15) is 6.04 Å². The fourth-order valence-corrected chi connectivity index (χ4v) is 7.41. The van der Waals surface area contributed by atoms with Crippen LogP contribution in [-0.4, -0.2) is 50.0 Å². The van der Waals surface area contributed by atoms with Crippen LogP contribution in [0.2, 0.25) is 15.1 Å². The molecule has 45 heavy (non-hydrogen) atoms. The highest BCUT2D eigenvalue weighted by molar-refractivity contribution is 7.92. The van der Waals surface area contributed by atoms with Gasteiger partial charge in [-0.25, -0.2) is 8.42 Å². The maximum Gasteiger partial charge on any atom is 0.243 e. The Morgan fingerprint density at radius 2 is 1.60 bits per heavy atom. The molecule has 2 amide bonds. The van der Waals surface area contributed by atoms with Crippen molar-refractivity contribution >= 4 is 62.3 Å². The zero-order valence-electron chi connectivity index (χ0n) is 25.6. The van der Waals surface area contributed by atoms with E-state index >= 15 is 0 Å². The zero-order valence-corrected chi connectivity index (χ0v) is 28.7. The van der Waals surface area contributed by atoms with Gasteiger partial charge in [0, 0.05) is 47.0 Å². The number of halogens is 3. The first-order chi connectivity index (χ1) is 21.4. The molecule has 11 heteroatoms. The fourth-order valence-electron chi connectivity index (χ4n) is 5.77. The molecule has 0 heterocycles. The summed E-state index contributed by atoms with van der Waals surface area (Å²) in [5, 5.41) is 4.50. The van der Waals surface area contributed by atoms with Gasteiger partial charge in [-0.05, 0) is 67.1 Å². The standard InChI is InChI=1S/C34H40Cl3N3O4S/c1-24-15-17-28(36)22-31(24)40(45(2,43)44)19-9-14-33(41)39(23-26-16-18-27(35)21-30(26)37)32(20-25-10-5-3-6-11-25)34(42)38-29-12-7-4-8-13-29/h3,5-6,10-11,15-18,21-22,29,32H,4,7-9,12-14,19-20,23H2,1-2H3,(H,38,42). The third-order valence-electron chi connectivity index (χ3n) is 8.17. The molecule has 3 aromatic rings. The normalized spacial score (nSPS) is 14.5. The van der Waals surface area contributed by atoms with Crippen molar-refractivity contribution in [1.29, 1.82) is 0 Å². The summed E-state index contributed by atoms with van der Waals surface area (Å²) in [6, 6.07) is 19.0. The molecule has 0 aliphatic heterocycles. The van der Waals surface area contributed by atoms with E-state index in [1.54, 1.807) is 41.3 Å². The Morgan fingerprint density at radius 1 is 0.933 bits per heavy atom. The second-order valence-electron chi connectivity index (χ2n) is 11.7. The van der Waals surface area contributed by atoms with E-state index in [9.17, 15) is 18.0 Å². The van der Waals surface area contributed by atoms with E-state index in [4.69, 9.17) is 34.8 Å². The molecule has 1 aliphatic carbocycles. The van der Waals surface area contributed by atoms with Crippen LogP contribution in [0, 0.1) is 6.92 Å². The topological polar surface area (TPSA) is 86.8 Å². The third-order valence-corrected chi connectivity index (χ3v) is 10.2. The van der Waals surface area contributed by atoms with Gasteiger partial charge in [0.2, 0.25) is 21.8 Å². The molecule has 0 saturated heterocycles. The summed E-state index contributed by atoms with van der Waals surface area (Å²) in [5.41, 5.74) is 2.79. The largest absolute Gasteiger partial charge is 0.352 e. The first-order valence-corrected chi connectivity index (χ1v) is 18.2. The first-order valence-electron chi connectivity index (χ1n) is 15.2. The lowest BCUT2D eigenvalue weighted by molar-refractivity contribution is -0.141. The predicted octanol–water partition coefficient (Wildman–Crippen LogP) is 7.59. The van der Waals surface area contributed by atoms with Crippen LogP contribution in [0.5, 0.6) is 0 Å². The van der Waals surface area contributed by atoms with E-state index in [0.717, 1.165) is 49.5 Å². The second-order valence-corrected chi connectivity index (χ2v) is 14.9. The van der Waals surface area contributed by atoms with Gasteiger partial charge >= 0.3 is 0 Å². The minimum absolute atomic E-state index is 0.0127. The summed E-state index contributed by atoms with van der Waals surface area (Å²) >= 11 is 18.9. The molecule has 3 aromatic carbocycles. The van der Waals surface area contributed by atoms with Crippen LogP contribution >= 0.6 is 34.8 Å². The van der Waals surface area contributed by atoms with Crippen molar-refractivity contribution in [2.75, 3.05) is 17.1 Å². The van der Waals surface area contributed by atoms with Gasteiger partial charge in [-0.1, -0.05) is 96.5 Å². The van der Waals surface area contributed by atoms with E-state index in [-0.39, 0.29) is 43.8 Å². The molecule has 242 valence electrons. The number of hydrogen-bond acceptors (Lipinski definition) is 4. The molecule has 4 rings (SSSR count). The molecule has 0 spiro atoms. The number of hydrogen-bond donors (Lipinski definition) is 1. The number of carbonyl (C=O) groups excluding carboxylic acids is 2. The lowest BCUT2D eigenvalue weighted by Crippen LogP contribution is -2.53. The summed E-state index contributed by atoms with van der Waals surface area (Å²) in [4.78, 5) is 29.7. The highest BCUT2D eigenvalue weighted by Crippen LogP contribution is 2.28. The Hall–Kier alpha value is -2.78. The Bertz CT molecular complexity index is 1580. The number of carbonyl (C=O) groups is 2. The number of aryl methyl sites for hydroxylation is 1. The van der Waals surface area contributed by atoms with Gasteiger partial charge in [0.15, 0.2) is 0 Å². The van der Waals surface area contributed by atoms with Gasteiger partial charge in [-0.15, -0.1) is 0 Å². The smallest absolute Gasteiger partial charge is 0.243 e. The maximum atomic E-state index is 14.1. The van der Waals surface area contributed by atoms with Crippen molar-refractivity contribution in [1.82, 2.24) is 10.2 Å². The van der Waals surface area contributed by atoms with E-state index in [0.29, 0.717) is 32.7 Å². The molecule has 1 saturated carbocycles. The number of rotatable bonds is 13. The van der Waals surface area contributed by atoms with E-state index < -0.39 is 16.1 Å². The van der Waals surface area contributed by atoms with Gasteiger partial charge < -0.3 is 10.2 Å². The van der Waals surface area contributed by atoms with Crippen LogP contribution in [-0.2, 0) is 32.6 Å². The lowest BCUT2D eigenvalue weighted by atomic mass is 9.94. The average molecular weight is 693 g/mol. The number of sulfonamides is 1. The molecule has 1 N–H and O–H groups in total. The molecule has 0 radical (unpaired) electrons. The van der Waals surface area contributed by atoms with Gasteiger partial charge in [-0.3, -0.25) is 13.9 Å². The number of benzene rings is 3. The van der Waals surface area contributed by atoms with Crippen LogP contribution in [0.3, 0.4) is 0 Å². The quantitative estimate of drug-likeness (QED) is 0.200. The Kier molecular flexibility index (Phi) is 12.6. The van der Waals surface area contributed by atoms with E-state index in [1.165, 1.54) is 4.31 Å². The number of nitrogens with one attached hydrogen (secondary N) is 1. The maximum absolute atomic E-state index is 14.1. The number of anilines is 1. The summed E-state index contributed by atoms with van der Waals surface area (Å²) in [5.74, 6) is -0.492. The van der Waals surface area contributed by atoms with Crippen molar-refractivity contribution < 1.29 is 18.0 Å². The second kappa shape index (κ2) is 16.2. The molecule has 0 bridgehead atoms. The van der Waals surface area contributed by atoms with E-state index in [2.05, 4.69) is 5.32 Å². The lowest BCUT2D eigenvalue weighted by Gasteiger charge is -2.34. The Labute approximate surface area is 281 Å². The minimum Gasteiger partial charge on any atom is -0.352 e. The number of amides is 2. The number of nitrogens with zero attached hydrogens (tertiary/aromatic N) is 2. The molecule has 1 aliphatic rings. The summed E-state index contributed by atoms with van der Waals surface area (Å²) < 4.78 is 26.9. The minimum atomic E-state index is -3.66. The molecular formula is C34H40Cl3N3O4S. The van der Waals surface area contributed by atoms with E-state index in [1.807, 2.05) is 37.3 Å². The molecule has 1 atom stereocenters. The summed E-state index contributed by atoms with van der Waals surface area (Å²) in [7, 11) is -3.66. The molecule has 1 fully saturated rings. The van der Waals surface area contributed by atoms with Gasteiger partial charge in [-0.2, -0.15) is 0 Å². The van der Waals surface area contributed by atoms with Crippen molar-refractivity contribution in [2.24, 2.45) is 0 Å². The Balaban J connectivity index is 1.63. The van der Waals surface area contributed by atoms with Crippen LogP contribution in [0.15, 0.2) is 66.7 Å². The van der Waals surface area contributed by atoms with Gasteiger partial charge in [0.05, 0.1) is 11.9 Å². The summed E-state index contributed by atoms with van der Waals surface area (Å²) in [6.45, 7) is 1.97.